The van der Waals surface area contributed by atoms with Crippen LogP contribution in [0.3, 0.4) is 0 Å². The van der Waals surface area contributed by atoms with Crippen LogP contribution in [0.15, 0.2) is 30.5 Å². The fraction of sp³-hybridized carbons (Fsp3) is 0.780. The second-order valence-electron chi connectivity index (χ2n) is 21.3. The average Bonchev–Trinajstić information content (AvgIpc) is 3.88. The zero-order valence-corrected chi connectivity index (χ0v) is 44.7. The number of carbonyl (C=O) groups is 3. The third-order valence-corrected chi connectivity index (χ3v) is 15.3. The number of aromatic nitrogens is 3. The number of halogens is 1. The van der Waals surface area contributed by atoms with E-state index in [-0.39, 0.29) is 49.9 Å². The molecule has 400 valence electrons. The van der Waals surface area contributed by atoms with Gasteiger partial charge in [-0.2, -0.15) is 0 Å². The van der Waals surface area contributed by atoms with Crippen molar-refractivity contribution in [2.75, 3.05) is 34.8 Å². The highest BCUT2D eigenvalue weighted by atomic mass is 35.5. The van der Waals surface area contributed by atoms with Gasteiger partial charge < -0.3 is 63.1 Å². The van der Waals surface area contributed by atoms with Gasteiger partial charge in [-0.05, 0) is 112 Å². The van der Waals surface area contributed by atoms with Gasteiger partial charge >= 0.3 is 18.2 Å². The van der Waals surface area contributed by atoms with Crippen molar-refractivity contribution in [3.05, 3.63) is 46.7 Å². The highest BCUT2D eigenvalue weighted by Gasteiger charge is 2.58. The topological polar surface area (TPSA) is 224 Å². The van der Waals surface area contributed by atoms with Crippen molar-refractivity contribution in [3.8, 4) is 0 Å². The lowest BCUT2D eigenvalue weighted by atomic mass is 9.77. The third kappa shape index (κ3) is 13.2. The van der Waals surface area contributed by atoms with Crippen LogP contribution in [-0.2, 0) is 60.5 Å². The predicted octanol–water partition coefficient (Wildman–Crippen LogP) is 5.31. The summed E-state index contributed by atoms with van der Waals surface area (Å²) in [5.41, 5.74) is -2.70. The van der Waals surface area contributed by atoms with Crippen LogP contribution in [0.25, 0.3) is 0 Å². The van der Waals surface area contributed by atoms with Gasteiger partial charge in [0, 0.05) is 43.1 Å². The molecule has 0 radical (unpaired) electrons. The van der Waals surface area contributed by atoms with Crippen LogP contribution in [-0.4, -0.2) is 178 Å². The Morgan fingerprint density at radius 2 is 1.75 bits per heavy atom. The van der Waals surface area contributed by atoms with Gasteiger partial charge in [0.15, 0.2) is 30.4 Å². The summed E-state index contributed by atoms with van der Waals surface area (Å²) >= 11 is 6.15. The Hall–Kier alpha value is -3.70. The number of amides is 1. The van der Waals surface area contributed by atoms with Crippen LogP contribution < -0.4 is 5.32 Å². The van der Waals surface area contributed by atoms with Crippen molar-refractivity contribution >= 4 is 29.8 Å². The molecular weight excluding hydrogens is 944 g/mol. The number of nitrogens with one attached hydrogen (secondary N) is 1. The molecule has 0 bridgehead atoms. The number of hydrogen-bond acceptors (Lipinski definition) is 18. The van der Waals surface area contributed by atoms with Gasteiger partial charge in [0.1, 0.15) is 23.5 Å². The number of rotatable bonds is 12. The van der Waals surface area contributed by atoms with E-state index in [1.807, 2.05) is 83.8 Å². The van der Waals surface area contributed by atoms with Gasteiger partial charge in [0.2, 0.25) is 0 Å². The lowest BCUT2D eigenvalue weighted by Crippen LogP contribution is -2.61. The Morgan fingerprint density at radius 3 is 2.41 bits per heavy atom. The number of carbonyl (C=O) groups excluding carboxylic acids is 3. The fourth-order valence-electron chi connectivity index (χ4n) is 11.2. The largest absolute Gasteiger partial charge is 0.509 e. The van der Waals surface area contributed by atoms with E-state index in [4.69, 9.17) is 54.2 Å². The smallest absolute Gasteiger partial charge is 0.458 e. The maximum absolute atomic E-state index is 14.8. The minimum atomic E-state index is -1.62. The summed E-state index contributed by atoms with van der Waals surface area (Å²) in [7, 11) is 7.17. The number of aliphatic hydroxyl groups is 2. The minimum Gasteiger partial charge on any atom is -0.458 e. The number of cyclic esters (lactones) is 1. The Balaban J connectivity index is 1.28. The number of nitrogens with zero attached hydrogens (tertiary/aromatic N) is 5. The molecular formula is C50H79ClN6O14. The van der Waals surface area contributed by atoms with E-state index in [1.165, 1.54) is 7.11 Å². The number of esters is 1. The standard InChI is InChI=1S/C50H79ClN6O14/c1-15-37-50(10)42(70-47(61)71-50)31(6)56(13)24-27(2)21-48(8,62)41(68-45-39(58)36(55(11)12)19-28(3)64-45)29(4)40(30(5)44(59)66-37)67-38-22-49(9,63-14)43(32(7)65-38)69-46(60)52-23-35-26-57(54-53-35)25-33-17-16-18-34(51)20-33/h16-18,20,26-32,36-43,45,58,62H,15,19,21-25H2,1-14H3,(H,52,60)/t27-,28-,29+,30-,31-,32+,36+,37+,38+,39-,40-,41-,42+,43+,45+,48-,49-,50-/m1/s1. The first-order chi connectivity index (χ1) is 33.3. The maximum Gasteiger partial charge on any atom is 0.509 e. The van der Waals surface area contributed by atoms with Crippen LogP contribution in [0.2, 0.25) is 5.02 Å². The summed E-state index contributed by atoms with van der Waals surface area (Å²) in [6.07, 6.45) is -8.07. The molecule has 18 atom stereocenters. The molecule has 6 rings (SSSR count). The van der Waals surface area contributed by atoms with E-state index in [0.29, 0.717) is 30.2 Å². The molecule has 3 N–H and O–H groups in total. The van der Waals surface area contributed by atoms with Crippen LogP contribution in [0.4, 0.5) is 9.59 Å². The van der Waals surface area contributed by atoms with Gasteiger partial charge in [0.05, 0.1) is 55.2 Å². The summed E-state index contributed by atoms with van der Waals surface area (Å²) < 4.78 is 58.4. The first kappa shape index (κ1) is 56.6. The van der Waals surface area contributed by atoms with Crippen molar-refractivity contribution < 1.29 is 67.2 Å². The molecule has 1 amide bonds. The molecule has 71 heavy (non-hydrogen) atoms. The number of ether oxygens (including phenoxy) is 9. The van der Waals surface area contributed by atoms with Crippen molar-refractivity contribution in [1.29, 1.82) is 0 Å². The molecule has 4 fully saturated rings. The number of benzene rings is 1. The molecule has 5 heterocycles. The van der Waals surface area contributed by atoms with E-state index < -0.39 is 102 Å². The van der Waals surface area contributed by atoms with Crippen molar-refractivity contribution in [3.63, 3.8) is 0 Å². The van der Waals surface area contributed by atoms with Crippen LogP contribution >= 0.6 is 11.6 Å². The Labute approximate surface area is 423 Å². The summed E-state index contributed by atoms with van der Waals surface area (Å²) in [4.78, 5) is 45.1. The molecule has 1 aromatic heterocycles. The molecule has 0 spiro atoms. The number of alkyl carbamates (subject to hydrolysis) is 1. The highest BCUT2D eigenvalue weighted by Crippen LogP contribution is 2.42. The predicted molar refractivity (Wildman–Crippen MR) is 259 cm³/mol. The number of aliphatic hydroxyl groups excluding tert-OH is 1. The van der Waals surface area contributed by atoms with Crippen molar-refractivity contribution in [2.24, 2.45) is 17.8 Å². The van der Waals surface area contributed by atoms with E-state index in [2.05, 4.69) is 15.6 Å². The molecule has 4 aliphatic rings. The molecule has 0 aliphatic carbocycles. The number of fused-ring (bicyclic) bond motifs is 1. The first-order valence-electron chi connectivity index (χ1n) is 24.9. The lowest BCUT2D eigenvalue weighted by molar-refractivity contribution is -0.317. The second kappa shape index (κ2) is 23.2. The van der Waals surface area contributed by atoms with E-state index in [0.717, 1.165) is 5.56 Å². The Kier molecular flexibility index (Phi) is 18.5. The van der Waals surface area contributed by atoms with Crippen molar-refractivity contribution in [2.45, 2.75) is 198 Å². The van der Waals surface area contributed by atoms with Gasteiger partial charge in [0.25, 0.3) is 0 Å². The highest BCUT2D eigenvalue weighted by molar-refractivity contribution is 6.30. The zero-order chi connectivity index (χ0) is 52.3. The maximum atomic E-state index is 14.8. The van der Waals surface area contributed by atoms with Crippen molar-refractivity contribution in [1.82, 2.24) is 30.1 Å². The second-order valence-corrected chi connectivity index (χ2v) is 21.8. The van der Waals surface area contributed by atoms with Crippen LogP contribution in [0.1, 0.15) is 106 Å². The van der Waals surface area contributed by atoms with Gasteiger partial charge in [-0.3, -0.25) is 9.69 Å². The van der Waals surface area contributed by atoms with Gasteiger partial charge in [-0.25, -0.2) is 14.3 Å². The Bertz CT molecular complexity index is 2120. The molecule has 0 unspecified atom stereocenters. The number of methoxy groups -OCH3 is 1. The van der Waals surface area contributed by atoms with Crippen LogP contribution in [0, 0.1) is 17.8 Å². The zero-order valence-electron chi connectivity index (χ0n) is 43.9. The molecule has 4 saturated heterocycles. The Morgan fingerprint density at radius 1 is 1.03 bits per heavy atom. The van der Waals surface area contributed by atoms with E-state index in [1.54, 1.807) is 51.6 Å². The summed E-state index contributed by atoms with van der Waals surface area (Å²) in [5, 5.41) is 36.3. The monoisotopic (exact) mass is 1020 g/mol. The van der Waals surface area contributed by atoms with E-state index >= 15 is 0 Å². The number of likely N-dealkylation sites (N-methyl/N-ethyl adjacent to an activating group) is 2. The summed E-state index contributed by atoms with van der Waals surface area (Å²) in [5.74, 6) is -2.72. The fourth-order valence-corrected chi connectivity index (χ4v) is 11.4. The third-order valence-electron chi connectivity index (χ3n) is 15.1. The molecule has 20 nitrogen and oxygen atoms in total. The van der Waals surface area contributed by atoms with Gasteiger partial charge in [-0.1, -0.05) is 49.7 Å². The molecule has 21 heteroatoms. The molecule has 1 aromatic carbocycles. The molecule has 4 aliphatic heterocycles. The normalized spacial score (nSPS) is 39.9. The summed E-state index contributed by atoms with van der Waals surface area (Å²) in [6.45, 7) is 19.0. The molecule has 2 aromatic rings. The average molecular weight is 1020 g/mol. The first-order valence-corrected chi connectivity index (χ1v) is 25.3. The van der Waals surface area contributed by atoms with Gasteiger partial charge in [-0.15, -0.1) is 5.10 Å². The minimum absolute atomic E-state index is 0.0344. The number of hydrogen-bond donors (Lipinski definition) is 3. The van der Waals surface area contributed by atoms with E-state index in [9.17, 15) is 24.6 Å². The summed E-state index contributed by atoms with van der Waals surface area (Å²) in [6, 6.07) is 6.71. The molecule has 0 saturated carbocycles. The SMILES string of the molecule is CC[C@@H]1OC(=O)[C@H](C)[C@H](O[C@H]2C[C@@](C)(OC)[C@@H](OC(=O)NCc3cn(Cc4cccc(Cl)c4)nn3)[C@H](C)O2)[C@H](C)[C@@H](O[C@@H]2O[C@H](C)C[C@H](N(C)C)[C@H]2O)[C@](C)(O)C[C@@H](C)CN(C)[C@H](C)[C@@H]2OC(=O)O[C@]12C. The quantitative estimate of drug-likeness (QED) is 0.181. The van der Waals surface area contributed by atoms with Crippen LogP contribution in [0.5, 0.6) is 0 Å². The lowest BCUT2D eigenvalue weighted by Gasteiger charge is -2.49.